The van der Waals surface area contributed by atoms with Gasteiger partial charge in [0.2, 0.25) is 10.0 Å². The molecule has 9 heteroatoms. The number of guanidine groups is 1. The quantitative estimate of drug-likeness (QED) is 0.287. The Morgan fingerprint density at radius 1 is 1.23 bits per heavy atom. The highest BCUT2D eigenvalue weighted by atomic mass is 127. The van der Waals surface area contributed by atoms with E-state index in [-0.39, 0.29) is 42.3 Å². The van der Waals surface area contributed by atoms with Gasteiger partial charge in [-0.2, -0.15) is 0 Å². The molecule has 1 aliphatic heterocycles. The summed E-state index contributed by atoms with van der Waals surface area (Å²) in [5.41, 5.74) is 1.26. The third-order valence-electron chi connectivity index (χ3n) is 4.21. The van der Waals surface area contributed by atoms with Crippen molar-refractivity contribution >= 4 is 40.0 Å². The van der Waals surface area contributed by atoms with Crippen LogP contribution in [0, 0.1) is 0 Å². The Morgan fingerprint density at radius 3 is 2.46 bits per heavy atom. The molecule has 7 nitrogen and oxygen atoms in total. The van der Waals surface area contributed by atoms with Gasteiger partial charge in [0.1, 0.15) is 0 Å². The third kappa shape index (κ3) is 8.19. The number of nitrogens with one attached hydrogen (secondary N) is 2. The number of sulfonamides is 1. The molecule has 0 aromatic heterocycles. The molecule has 1 fully saturated rings. The summed E-state index contributed by atoms with van der Waals surface area (Å²) in [6.45, 7) is 5.72. The van der Waals surface area contributed by atoms with E-state index in [0.717, 1.165) is 13.1 Å². The molecule has 0 spiro atoms. The fraction of sp³-hybridized carbons (Fsp3) is 0.588. The minimum atomic E-state index is -3.48. The van der Waals surface area contributed by atoms with Gasteiger partial charge in [0.15, 0.2) is 5.96 Å². The van der Waals surface area contributed by atoms with Gasteiger partial charge >= 0.3 is 0 Å². The Bertz CT molecular complexity index is 648. The summed E-state index contributed by atoms with van der Waals surface area (Å²) in [5, 5.41) is 11.2. The van der Waals surface area contributed by atoms with Crippen molar-refractivity contribution in [1.82, 2.24) is 15.5 Å². The van der Waals surface area contributed by atoms with Gasteiger partial charge in [0.25, 0.3) is 0 Å². The van der Waals surface area contributed by atoms with Gasteiger partial charge in [0.05, 0.1) is 18.3 Å². The number of benzene rings is 1. The second-order valence-corrected chi connectivity index (χ2v) is 7.92. The van der Waals surface area contributed by atoms with E-state index >= 15 is 0 Å². The van der Waals surface area contributed by atoms with Crippen LogP contribution in [0.5, 0.6) is 0 Å². The highest BCUT2D eigenvalue weighted by molar-refractivity contribution is 14.0. The van der Waals surface area contributed by atoms with Crippen LogP contribution in [-0.4, -0.2) is 57.8 Å². The van der Waals surface area contributed by atoms with Crippen LogP contribution in [0.2, 0.25) is 0 Å². The van der Waals surface area contributed by atoms with Gasteiger partial charge in [-0.3, -0.25) is 9.89 Å². The maximum absolute atomic E-state index is 11.1. The lowest BCUT2D eigenvalue weighted by Gasteiger charge is -2.27. The van der Waals surface area contributed by atoms with Crippen molar-refractivity contribution in [2.24, 2.45) is 10.1 Å². The van der Waals surface area contributed by atoms with Crippen LogP contribution < -0.4 is 15.8 Å². The standard InChI is InChI=1S/C17H29N5O2S.HI/c1-2-19-17(20-10-13-25(18,23)24)21-14-16(22-11-6-7-12-22)15-8-4-3-5-9-15;/h3-5,8-9,16H,2,6-7,10-14H2,1H3,(H2,18,23,24)(H2,19,20,21);1H. The Balaban J connectivity index is 0.00000338. The van der Waals surface area contributed by atoms with Crippen LogP contribution >= 0.6 is 24.0 Å². The largest absolute Gasteiger partial charge is 0.357 e. The number of hydrogen-bond donors (Lipinski definition) is 3. The number of primary sulfonamides is 1. The Labute approximate surface area is 173 Å². The van der Waals surface area contributed by atoms with E-state index in [1.54, 1.807) is 0 Å². The molecule has 1 unspecified atom stereocenters. The van der Waals surface area contributed by atoms with Crippen molar-refractivity contribution in [2.45, 2.75) is 25.8 Å². The lowest BCUT2D eigenvalue weighted by Crippen LogP contribution is -2.41. The van der Waals surface area contributed by atoms with E-state index < -0.39 is 10.0 Å². The van der Waals surface area contributed by atoms with Crippen molar-refractivity contribution in [3.63, 3.8) is 0 Å². The Kier molecular flexibility index (Phi) is 10.4. The maximum Gasteiger partial charge on any atom is 0.210 e. The molecule has 0 aliphatic carbocycles. The van der Waals surface area contributed by atoms with E-state index in [9.17, 15) is 8.42 Å². The van der Waals surface area contributed by atoms with Crippen molar-refractivity contribution < 1.29 is 8.42 Å². The molecular weight excluding hydrogens is 465 g/mol. The molecule has 1 aliphatic rings. The average Bonchev–Trinajstić information content (AvgIpc) is 3.09. The smallest absolute Gasteiger partial charge is 0.210 e. The summed E-state index contributed by atoms with van der Waals surface area (Å²) in [4.78, 5) is 7.14. The molecule has 1 aromatic carbocycles. The number of likely N-dealkylation sites (tertiary alicyclic amines) is 1. The number of rotatable bonds is 8. The van der Waals surface area contributed by atoms with Crippen LogP contribution in [0.1, 0.15) is 31.4 Å². The summed E-state index contributed by atoms with van der Waals surface area (Å²) in [7, 11) is -3.48. The average molecular weight is 495 g/mol. The third-order valence-corrected chi connectivity index (χ3v) is 4.98. The number of halogens is 1. The number of nitrogens with zero attached hydrogens (tertiary/aromatic N) is 2. The zero-order valence-corrected chi connectivity index (χ0v) is 18.4. The monoisotopic (exact) mass is 495 g/mol. The molecule has 0 saturated carbocycles. The van der Waals surface area contributed by atoms with Gasteiger partial charge < -0.3 is 10.6 Å². The lowest BCUT2D eigenvalue weighted by atomic mass is 10.1. The molecule has 1 atom stereocenters. The summed E-state index contributed by atoms with van der Waals surface area (Å²) < 4.78 is 22.1. The highest BCUT2D eigenvalue weighted by Gasteiger charge is 2.23. The second kappa shape index (κ2) is 11.7. The van der Waals surface area contributed by atoms with Crippen LogP contribution in [0.15, 0.2) is 35.3 Å². The molecule has 1 aromatic rings. The van der Waals surface area contributed by atoms with Crippen molar-refractivity contribution in [1.29, 1.82) is 0 Å². The summed E-state index contributed by atoms with van der Waals surface area (Å²) >= 11 is 0. The first-order chi connectivity index (χ1) is 12.0. The Hall–Kier alpha value is -0.910. The predicted molar refractivity (Wildman–Crippen MR) is 117 cm³/mol. The lowest BCUT2D eigenvalue weighted by molar-refractivity contribution is 0.251. The van der Waals surface area contributed by atoms with Crippen molar-refractivity contribution in [2.75, 3.05) is 38.5 Å². The van der Waals surface area contributed by atoms with Gasteiger partial charge in [-0.25, -0.2) is 13.6 Å². The molecule has 26 heavy (non-hydrogen) atoms. The topological polar surface area (TPSA) is 99.8 Å². The van der Waals surface area contributed by atoms with E-state index in [4.69, 9.17) is 5.14 Å². The molecule has 0 bridgehead atoms. The first-order valence-electron chi connectivity index (χ1n) is 8.81. The van der Waals surface area contributed by atoms with Gasteiger partial charge in [-0.05, 0) is 38.4 Å². The fourth-order valence-corrected chi connectivity index (χ4v) is 3.38. The van der Waals surface area contributed by atoms with E-state index in [1.165, 1.54) is 18.4 Å². The van der Waals surface area contributed by atoms with Crippen molar-refractivity contribution in [3.8, 4) is 0 Å². The molecule has 1 heterocycles. The molecule has 0 amide bonds. The van der Waals surface area contributed by atoms with Gasteiger partial charge in [-0.15, -0.1) is 24.0 Å². The molecule has 1 saturated heterocycles. The summed E-state index contributed by atoms with van der Waals surface area (Å²) in [6.07, 6.45) is 2.44. The number of hydrogen-bond acceptors (Lipinski definition) is 4. The summed E-state index contributed by atoms with van der Waals surface area (Å²) in [6, 6.07) is 10.6. The zero-order valence-electron chi connectivity index (χ0n) is 15.2. The van der Waals surface area contributed by atoms with E-state index in [0.29, 0.717) is 19.0 Å². The van der Waals surface area contributed by atoms with E-state index in [2.05, 4.69) is 44.8 Å². The minimum absolute atomic E-state index is 0. The van der Waals surface area contributed by atoms with E-state index in [1.807, 2.05) is 13.0 Å². The van der Waals surface area contributed by atoms with Crippen LogP contribution in [-0.2, 0) is 10.0 Å². The minimum Gasteiger partial charge on any atom is -0.357 e. The van der Waals surface area contributed by atoms with Crippen molar-refractivity contribution in [3.05, 3.63) is 35.9 Å². The molecular formula is C17H30IN5O2S. The second-order valence-electron chi connectivity index (χ2n) is 6.18. The zero-order chi connectivity index (χ0) is 18.1. The molecule has 148 valence electrons. The van der Waals surface area contributed by atoms with Gasteiger partial charge in [-0.1, -0.05) is 30.3 Å². The normalized spacial score (nSPS) is 16.8. The van der Waals surface area contributed by atoms with Gasteiger partial charge in [0, 0.05) is 13.1 Å². The van der Waals surface area contributed by atoms with Crippen LogP contribution in [0.25, 0.3) is 0 Å². The molecule has 4 N–H and O–H groups in total. The SMILES string of the molecule is CCNC(=NCC(c1ccccc1)N1CCCC1)NCCS(N)(=O)=O.I. The summed E-state index contributed by atoms with van der Waals surface area (Å²) in [5.74, 6) is 0.498. The fourth-order valence-electron chi connectivity index (χ4n) is 2.99. The van der Waals surface area contributed by atoms with Crippen LogP contribution in [0.4, 0.5) is 0 Å². The first-order valence-corrected chi connectivity index (χ1v) is 10.5. The maximum atomic E-state index is 11.1. The number of nitrogens with two attached hydrogens (primary N) is 1. The predicted octanol–water partition coefficient (Wildman–Crippen LogP) is 1.29. The highest BCUT2D eigenvalue weighted by Crippen LogP contribution is 2.25. The molecule has 2 rings (SSSR count). The molecule has 0 radical (unpaired) electrons. The number of aliphatic imine (C=N–C) groups is 1. The van der Waals surface area contributed by atoms with Crippen LogP contribution in [0.3, 0.4) is 0 Å². The Morgan fingerprint density at radius 2 is 1.88 bits per heavy atom. The first kappa shape index (κ1) is 23.1.